The van der Waals surface area contributed by atoms with Gasteiger partial charge in [0.15, 0.2) is 0 Å². The van der Waals surface area contributed by atoms with Crippen LogP contribution >= 0.6 is 11.8 Å². The maximum Gasteiger partial charge on any atom is 0.0456 e. The van der Waals surface area contributed by atoms with Crippen molar-refractivity contribution in [2.75, 3.05) is 18.9 Å². The molecule has 2 N–H and O–H groups in total. The Bertz CT molecular complexity index is 154. The van der Waals surface area contributed by atoms with Gasteiger partial charge in [-0.1, -0.05) is 13.8 Å². The molecule has 3 atom stereocenters. The third-order valence-electron chi connectivity index (χ3n) is 2.82. The van der Waals surface area contributed by atoms with Crippen LogP contribution in [0.4, 0.5) is 0 Å². The molecule has 84 valence electrons. The van der Waals surface area contributed by atoms with Crippen LogP contribution in [0.25, 0.3) is 0 Å². The molecule has 0 radical (unpaired) electrons. The topological polar surface area (TPSA) is 32.3 Å². The number of hydrogen-bond donors (Lipinski definition) is 2. The van der Waals surface area contributed by atoms with Gasteiger partial charge in [0, 0.05) is 23.7 Å². The zero-order valence-corrected chi connectivity index (χ0v) is 10.1. The lowest BCUT2D eigenvalue weighted by molar-refractivity contribution is 0.227. The molecule has 1 heterocycles. The third kappa shape index (κ3) is 4.67. The Balaban J connectivity index is 1.94. The van der Waals surface area contributed by atoms with Gasteiger partial charge in [-0.2, -0.15) is 11.8 Å². The summed E-state index contributed by atoms with van der Waals surface area (Å²) < 4.78 is 0. The number of rotatable bonds is 6. The molecule has 1 fully saturated rings. The summed E-state index contributed by atoms with van der Waals surface area (Å²) in [4.78, 5) is 0. The second-order valence-corrected chi connectivity index (χ2v) is 5.93. The minimum absolute atomic E-state index is 0.330. The molecule has 0 bridgehead atoms. The molecule has 0 aliphatic carbocycles. The Labute approximate surface area is 91.9 Å². The van der Waals surface area contributed by atoms with Crippen LogP contribution in [0.2, 0.25) is 0 Å². The lowest BCUT2D eigenvalue weighted by Gasteiger charge is -2.12. The number of aliphatic hydroxyl groups excluding tert-OH is 1. The Morgan fingerprint density at radius 1 is 1.57 bits per heavy atom. The SMILES string of the molecule is CC(CO)CCCNC1CSC(C)C1. The predicted octanol–water partition coefficient (Wildman–Crippen LogP) is 1.88. The van der Waals surface area contributed by atoms with Crippen molar-refractivity contribution in [2.24, 2.45) is 5.92 Å². The summed E-state index contributed by atoms with van der Waals surface area (Å²) in [6, 6.07) is 0.736. The molecule has 14 heavy (non-hydrogen) atoms. The first kappa shape index (κ1) is 12.3. The van der Waals surface area contributed by atoms with E-state index in [1.165, 1.54) is 18.6 Å². The van der Waals surface area contributed by atoms with Crippen molar-refractivity contribution in [1.29, 1.82) is 0 Å². The molecule has 3 heteroatoms. The summed E-state index contributed by atoms with van der Waals surface area (Å²) in [5.41, 5.74) is 0. The fraction of sp³-hybridized carbons (Fsp3) is 1.00. The zero-order chi connectivity index (χ0) is 10.4. The molecule has 1 aliphatic rings. The quantitative estimate of drug-likeness (QED) is 0.666. The fourth-order valence-corrected chi connectivity index (χ4v) is 2.99. The van der Waals surface area contributed by atoms with Crippen molar-refractivity contribution in [1.82, 2.24) is 5.32 Å². The molecule has 1 aliphatic heterocycles. The Morgan fingerprint density at radius 2 is 2.36 bits per heavy atom. The van der Waals surface area contributed by atoms with Crippen LogP contribution in [0, 0.1) is 5.92 Å². The number of hydrogen-bond acceptors (Lipinski definition) is 3. The van der Waals surface area contributed by atoms with E-state index in [0.717, 1.165) is 24.3 Å². The van der Waals surface area contributed by atoms with Crippen LogP contribution in [-0.4, -0.2) is 35.3 Å². The number of nitrogens with one attached hydrogen (secondary N) is 1. The van der Waals surface area contributed by atoms with E-state index in [-0.39, 0.29) is 0 Å². The standard InChI is InChI=1S/C11H23NOS/c1-9(7-13)4-3-5-12-11-6-10(2)14-8-11/h9-13H,3-8H2,1-2H3. The number of thioether (sulfide) groups is 1. The van der Waals surface area contributed by atoms with Crippen LogP contribution < -0.4 is 5.32 Å². The summed E-state index contributed by atoms with van der Waals surface area (Å²) in [5.74, 6) is 1.74. The first-order valence-electron chi connectivity index (χ1n) is 5.68. The molecular formula is C11H23NOS. The van der Waals surface area contributed by atoms with E-state index in [2.05, 4.69) is 30.9 Å². The molecule has 0 aromatic rings. The third-order valence-corrected chi connectivity index (χ3v) is 4.17. The van der Waals surface area contributed by atoms with Crippen molar-refractivity contribution in [3.8, 4) is 0 Å². The molecular weight excluding hydrogens is 194 g/mol. The Morgan fingerprint density at radius 3 is 2.93 bits per heavy atom. The molecule has 1 saturated heterocycles. The summed E-state index contributed by atoms with van der Waals surface area (Å²) in [7, 11) is 0. The van der Waals surface area contributed by atoms with Crippen molar-refractivity contribution in [3.05, 3.63) is 0 Å². The maximum atomic E-state index is 8.86. The van der Waals surface area contributed by atoms with E-state index in [0.29, 0.717) is 12.5 Å². The highest BCUT2D eigenvalue weighted by Gasteiger charge is 2.20. The van der Waals surface area contributed by atoms with Gasteiger partial charge in [-0.05, 0) is 31.7 Å². The van der Waals surface area contributed by atoms with E-state index in [9.17, 15) is 0 Å². The average Bonchev–Trinajstić information content (AvgIpc) is 2.58. The van der Waals surface area contributed by atoms with Gasteiger partial charge in [0.1, 0.15) is 0 Å². The monoisotopic (exact) mass is 217 g/mol. The van der Waals surface area contributed by atoms with Gasteiger partial charge in [0.25, 0.3) is 0 Å². The van der Waals surface area contributed by atoms with Gasteiger partial charge in [0.05, 0.1) is 0 Å². The largest absolute Gasteiger partial charge is 0.396 e. The molecule has 3 unspecified atom stereocenters. The summed E-state index contributed by atoms with van der Waals surface area (Å²) >= 11 is 2.07. The van der Waals surface area contributed by atoms with Gasteiger partial charge in [0.2, 0.25) is 0 Å². The van der Waals surface area contributed by atoms with Crippen LogP contribution in [0.3, 0.4) is 0 Å². The summed E-state index contributed by atoms with van der Waals surface area (Å²) in [6.45, 7) is 5.85. The highest BCUT2D eigenvalue weighted by Crippen LogP contribution is 2.25. The molecule has 0 aromatic heterocycles. The molecule has 0 amide bonds. The van der Waals surface area contributed by atoms with Crippen LogP contribution in [0.1, 0.15) is 33.1 Å². The molecule has 1 rings (SSSR count). The highest BCUT2D eigenvalue weighted by atomic mass is 32.2. The fourth-order valence-electron chi connectivity index (χ4n) is 1.81. The van der Waals surface area contributed by atoms with Gasteiger partial charge in [-0.15, -0.1) is 0 Å². The van der Waals surface area contributed by atoms with Crippen LogP contribution in [0.5, 0.6) is 0 Å². The molecule has 0 saturated carbocycles. The van der Waals surface area contributed by atoms with Crippen molar-refractivity contribution in [3.63, 3.8) is 0 Å². The van der Waals surface area contributed by atoms with E-state index >= 15 is 0 Å². The minimum Gasteiger partial charge on any atom is -0.396 e. The first-order chi connectivity index (χ1) is 6.72. The van der Waals surface area contributed by atoms with Gasteiger partial charge < -0.3 is 10.4 Å². The minimum atomic E-state index is 0.330. The van der Waals surface area contributed by atoms with E-state index < -0.39 is 0 Å². The Kier molecular flexibility index (Phi) is 5.90. The predicted molar refractivity (Wildman–Crippen MR) is 63.8 cm³/mol. The summed E-state index contributed by atoms with van der Waals surface area (Å²) in [6.07, 6.45) is 3.65. The van der Waals surface area contributed by atoms with Crippen molar-refractivity contribution >= 4 is 11.8 Å². The second kappa shape index (κ2) is 6.70. The maximum absolute atomic E-state index is 8.86. The van der Waals surface area contributed by atoms with E-state index in [1.54, 1.807) is 0 Å². The van der Waals surface area contributed by atoms with Crippen LogP contribution in [0.15, 0.2) is 0 Å². The van der Waals surface area contributed by atoms with E-state index in [4.69, 9.17) is 5.11 Å². The van der Waals surface area contributed by atoms with Gasteiger partial charge in [-0.25, -0.2) is 0 Å². The molecule has 0 spiro atoms. The van der Waals surface area contributed by atoms with Gasteiger partial charge >= 0.3 is 0 Å². The van der Waals surface area contributed by atoms with Crippen molar-refractivity contribution in [2.45, 2.75) is 44.4 Å². The number of aliphatic hydroxyl groups is 1. The second-order valence-electron chi connectivity index (χ2n) is 4.46. The lowest BCUT2D eigenvalue weighted by Crippen LogP contribution is -2.30. The van der Waals surface area contributed by atoms with Gasteiger partial charge in [-0.3, -0.25) is 0 Å². The van der Waals surface area contributed by atoms with Crippen molar-refractivity contribution < 1.29 is 5.11 Å². The van der Waals surface area contributed by atoms with E-state index in [1.807, 2.05) is 0 Å². The first-order valence-corrected chi connectivity index (χ1v) is 6.73. The average molecular weight is 217 g/mol. The zero-order valence-electron chi connectivity index (χ0n) is 9.33. The normalized spacial score (nSPS) is 29.4. The van der Waals surface area contributed by atoms with Crippen LogP contribution in [-0.2, 0) is 0 Å². The Hall–Kier alpha value is 0.270. The lowest BCUT2D eigenvalue weighted by atomic mass is 10.1. The molecule has 2 nitrogen and oxygen atoms in total. The highest BCUT2D eigenvalue weighted by molar-refractivity contribution is 8.00. The smallest absolute Gasteiger partial charge is 0.0456 e. The molecule has 0 aromatic carbocycles. The summed E-state index contributed by atoms with van der Waals surface area (Å²) in [5, 5.41) is 13.3.